The number of nitro groups is 1. The number of carbonyl (C=O) groups is 1. The molecule has 0 fully saturated rings. The Bertz CT molecular complexity index is 1060. The molecule has 0 saturated carbocycles. The summed E-state index contributed by atoms with van der Waals surface area (Å²) in [5.74, 6) is -0.604. The van der Waals surface area contributed by atoms with Gasteiger partial charge in [-0.25, -0.2) is 0 Å². The molecule has 2 aromatic carbocycles. The van der Waals surface area contributed by atoms with Crippen LogP contribution in [-0.4, -0.2) is 10.8 Å². The Labute approximate surface area is 157 Å². The first kappa shape index (κ1) is 19.4. The van der Waals surface area contributed by atoms with Gasteiger partial charge in [0.1, 0.15) is 11.3 Å². The van der Waals surface area contributed by atoms with Gasteiger partial charge in [-0.15, -0.1) is 0 Å². The quantitative estimate of drug-likeness (QED) is 0.483. The number of carbonyl (C=O) groups excluding carboxylic acids is 1. The second-order valence-corrected chi connectivity index (χ2v) is 6.16. The van der Waals surface area contributed by atoms with Gasteiger partial charge in [-0.3, -0.25) is 14.9 Å². The third-order valence-corrected chi connectivity index (χ3v) is 4.27. The van der Waals surface area contributed by atoms with Gasteiger partial charge in [0.25, 0.3) is 5.69 Å². The molecule has 146 valence electrons. The van der Waals surface area contributed by atoms with Gasteiger partial charge in [-0.05, 0) is 36.2 Å². The second kappa shape index (κ2) is 7.34. The monoisotopic (exact) mass is 392 g/mol. The Morgan fingerprint density at radius 3 is 2.61 bits per heavy atom. The van der Waals surface area contributed by atoms with Crippen molar-refractivity contribution in [2.24, 2.45) is 0 Å². The van der Waals surface area contributed by atoms with Crippen molar-refractivity contribution in [3.63, 3.8) is 0 Å². The summed E-state index contributed by atoms with van der Waals surface area (Å²) >= 11 is 0. The van der Waals surface area contributed by atoms with Crippen LogP contribution >= 0.6 is 0 Å². The van der Waals surface area contributed by atoms with Crippen molar-refractivity contribution >= 4 is 28.3 Å². The molecule has 0 saturated heterocycles. The maximum Gasteiger partial charge on any atom is 0.416 e. The molecule has 0 spiro atoms. The van der Waals surface area contributed by atoms with Crippen LogP contribution in [0, 0.1) is 10.1 Å². The van der Waals surface area contributed by atoms with E-state index in [0.717, 1.165) is 23.4 Å². The number of aryl methyl sites for hydroxylation is 1. The number of halogens is 3. The molecular weight excluding hydrogens is 377 g/mol. The van der Waals surface area contributed by atoms with E-state index in [0.29, 0.717) is 23.3 Å². The molecule has 28 heavy (non-hydrogen) atoms. The van der Waals surface area contributed by atoms with Gasteiger partial charge in [-0.2, -0.15) is 13.2 Å². The standard InChI is InChI=1S/C19H15F3N2O4/c1-2-11-3-6-17-14(7-11)12(10-28-17)8-18(25)23-15-5-4-13(19(20,21)22)9-16(15)24(26)27/h3-7,9-10H,2,8H2,1H3,(H,23,25). The van der Waals surface area contributed by atoms with E-state index < -0.39 is 28.3 Å². The van der Waals surface area contributed by atoms with Crippen molar-refractivity contribution in [3.8, 4) is 0 Å². The molecule has 0 aliphatic heterocycles. The SMILES string of the molecule is CCc1ccc2occ(CC(=O)Nc3ccc(C(F)(F)F)cc3[N+](=O)[O-])c2c1. The van der Waals surface area contributed by atoms with Gasteiger partial charge in [0.05, 0.1) is 23.2 Å². The molecule has 1 amide bonds. The van der Waals surface area contributed by atoms with Crippen LogP contribution in [-0.2, 0) is 23.8 Å². The fourth-order valence-electron chi connectivity index (χ4n) is 2.82. The fraction of sp³-hybridized carbons (Fsp3) is 0.211. The van der Waals surface area contributed by atoms with Crippen LogP contribution in [0.4, 0.5) is 24.5 Å². The normalized spacial score (nSPS) is 11.6. The first-order valence-electron chi connectivity index (χ1n) is 8.33. The number of fused-ring (bicyclic) bond motifs is 1. The summed E-state index contributed by atoms with van der Waals surface area (Å²) in [6.45, 7) is 1.98. The number of alkyl halides is 3. The number of furan rings is 1. The second-order valence-electron chi connectivity index (χ2n) is 6.16. The molecular formula is C19H15F3N2O4. The van der Waals surface area contributed by atoms with Crippen molar-refractivity contribution < 1.29 is 27.3 Å². The Morgan fingerprint density at radius 1 is 1.21 bits per heavy atom. The molecule has 6 nitrogen and oxygen atoms in total. The molecule has 0 atom stereocenters. The summed E-state index contributed by atoms with van der Waals surface area (Å²) in [5, 5.41) is 14.2. The lowest BCUT2D eigenvalue weighted by molar-refractivity contribution is -0.384. The maximum absolute atomic E-state index is 12.8. The third-order valence-electron chi connectivity index (χ3n) is 4.27. The zero-order valence-electron chi connectivity index (χ0n) is 14.7. The summed E-state index contributed by atoms with van der Waals surface area (Å²) in [4.78, 5) is 22.5. The molecule has 1 heterocycles. The van der Waals surface area contributed by atoms with Crippen molar-refractivity contribution in [2.45, 2.75) is 25.9 Å². The number of hydrogen-bond acceptors (Lipinski definition) is 4. The maximum atomic E-state index is 12.8. The number of anilines is 1. The summed E-state index contributed by atoms with van der Waals surface area (Å²) in [6, 6.07) is 7.54. The highest BCUT2D eigenvalue weighted by molar-refractivity contribution is 5.97. The van der Waals surface area contributed by atoms with Gasteiger partial charge in [0.2, 0.25) is 5.91 Å². The van der Waals surface area contributed by atoms with E-state index in [4.69, 9.17) is 4.42 Å². The highest BCUT2D eigenvalue weighted by Gasteiger charge is 2.33. The van der Waals surface area contributed by atoms with Gasteiger partial charge in [-0.1, -0.05) is 13.0 Å². The van der Waals surface area contributed by atoms with Crippen LogP contribution in [0.2, 0.25) is 0 Å². The molecule has 0 bridgehead atoms. The molecule has 3 aromatic rings. The van der Waals surface area contributed by atoms with Crippen molar-refractivity contribution in [3.05, 3.63) is 69.5 Å². The van der Waals surface area contributed by atoms with E-state index in [1.807, 2.05) is 19.1 Å². The first-order valence-corrected chi connectivity index (χ1v) is 8.33. The Balaban J connectivity index is 1.84. The van der Waals surface area contributed by atoms with E-state index in [1.54, 1.807) is 6.07 Å². The number of nitrogens with zero attached hydrogens (tertiary/aromatic N) is 1. The summed E-state index contributed by atoms with van der Waals surface area (Å²) < 4.78 is 43.7. The van der Waals surface area contributed by atoms with Crippen LogP contribution in [0.25, 0.3) is 11.0 Å². The Kier molecular flexibility index (Phi) is 5.08. The number of nitro benzene ring substituents is 1. The van der Waals surface area contributed by atoms with E-state index in [9.17, 15) is 28.1 Å². The lowest BCUT2D eigenvalue weighted by atomic mass is 10.1. The number of amides is 1. The molecule has 9 heteroatoms. The summed E-state index contributed by atoms with van der Waals surface area (Å²) in [6.07, 6.45) is -2.65. The van der Waals surface area contributed by atoms with Crippen molar-refractivity contribution in [1.29, 1.82) is 0 Å². The minimum absolute atomic E-state index is 0.141. The van der Waals surface area contributed by atoms with Gasteiger partial charge in [0, 0.05) is 17.0 Å². The highest BCUT2D eigenvalue weighted by Crippen LogP contribution is 2.35. The number of nitrogens with one attached hydrogen (secondary N) is 1. The average molecular weight is 392 g/mol. The zero-order chi connectivity index (χ0) is 20.5. The Hall–Kier alpha value is -3.36. The van der Waals surface area contributed by atoms with Gasteiger partial charge in [0.15, 0.2) is 0 Å². The predicted octanol–water partition coefficient (Wildman–Crippen LogP) is 5.10. The topological polar surface area (TPSA) is 85.4 Å². The highest BCUT2D eigenvalue weighted by atomic mass is 19.4. The molecule has 0 unspecified atom stereocenters. The fourth-order valence-corrected chi connectivity index (χ4v) is 2.82. The van der Waals surface area contributed by atoms with Crippen LogP contribution in [0.5, 0.6) is 0 Å². The average Bonchev–Trinajstić information content (AvgIpc) is 3.02. The van der Waals surface area contributed by atoms with Crippen LogP contribution in [0.15, 0.2) is 47.1 Å². The van der Waals surface area contributed by atoms with Crippen LogP contribution in [0.3, 0.4) is 0 Å². The molecule has 1 N–H and O–H groups in total. The predicted molar refractivity (Wildman–Crippen MR) is 96.0 cm³/mol. The number of hydrogen-bond donors (Lipinski definition) is 1. The summed E-state index contributed by atoms with van der Waals surface area (Å²) in [5.41, 5.74) is -0.0597. The van der Waals surface area contributed by atoms with Gasteiger partial charge < -0.3 is 9.73 Å². The zero-order valence-corrected chi connectivity index (χ0v) is 14.7. The van der Waals surface area contributed by atoms with E-state index in [2.05, 4.69) is 5.32 Å². The van der Waals surface area contributed by atoms with Crippen molar-refractivity contribution in [2.75, 3.05) is 5.32 Å². The molecule has 0 radical (unpaired) electrons. The first-order chi connectivity index (χ1) is 13.2. The minimum atomic E-state index is -4.72. The Morgan fingerprint density at radius 2 is 1.96 bits per heavy atom. The lowest BCUT2D eigenvalue weighted by Crippen LogP contribution is -2.16. The number of rotatable bonds is 5. The van der Waals surface area contributed by atoms with E-state index in [-0.39, 0.29) is 12.1 Å². The lowest BCUT2D eigenvalue weighted by Gasteiger charge is -2.10. The minimum Gasteiger partial charge on any atom is -0.464 e. The van der Waals surface area contributed by atoms with E-state index >= 15 is 0 Å². The van der Waals surface area contributed by atoms with E-state index in [1.165, 1.54) is 6.26 Å². The third kappa shape index (κ3) is 3.98. The molecule has 0 aliphatic carbocycles. The number of benzene rings is 2. The van der Waals surface area contributed by atoms with Crippen LogP contribution in [0.1, 0.15) is 23.6 Å². The van der Waals surface area contributed by atoms with Crippen LogP contribution < -0.4 is 5.32 Å². The molecule has 0 aliphatic rings. The smallest absolute Gasteiger partial charge is 0.416 e. The summed E-state index contributed by atoms with van der Waals surface area (Å²) in [7, 11) is 0. The van der Waals surface area contributed by atoms with Gasteiger partial charge >= 0.3 is 6.18 Å². The molecule has 1 aromatic heterocycles. The largest absolute Gasteiger partial charge is 0.464 e. The van der Waals surface area contributed by atoms with Crippen molar-refractivity contribution in [1.82, 2.24) is 0 Å². The molecule has 3 rings (SSSR count).